The quantitative estimate of drug-likeness (QED) is 0.409. The van der Waals surface area contributed by atoms with Gasteiger partial charge in [0.2, 0.25) is 5.95 Å². The highest BCUT2D eigenvalue weighted by atomic mass is 16.5. The molecule has 0 spiro atoms. The van der Waals surface area contributed by atoms with Crippen LogP contribution in [0, 0.1) is 22.7 Å². The molecule has 1 heterocycles. The zero-order chi connectivity index (χ0) is 12.5. The third-order valence-electron chi connectivity index (χ3n) is 1.25. The number of hydrogen-bond acceptors (Lipinski definition) is 8. The van der Waals surface area contributed by atoms with E-state index in [0.717, 1.165) is 0 Å². The summed E-state index contributed by atoms with van der Waals surface area (Å²) in [5.74, 6) is -0.275. The summed E-state index contributed by atoms with van der Waals surface area (Å²) in [4.78, 5) is 13.3. The molecule has 1 aromatic heterocycles. The SMILES string of the molecule is N#CCOc1nc(N=[N+]=[N-])nc(OCC#N)n1. The van der Waals surface area contributed by atoms with Crippen LogP contribution in [0.3, 0.4) is 0 Å². The van der Waals surface area contributed by atoms with Gasteiger partial charge >= 0.3 is 12.0 Å². The molecule has 0 aliphatic heterocycles. The molecular formula is C7H4N8O2. The fraction of sp³-hybridized carbons (Fsp3) is 0.286. The first-order valence-corrected chi connectivity index (χ1v) is 4.11. The number of nitrogens with zero attached hydrogens (tertiary/aromatic N) is 8. The number of nitriles is 2. The molecule has 0 atom stereocenters. The van der Waals surface area contributed by atoms with Crippen LogP contribution in [-0.4, -0.2) is 28.2 Å². The van der Waals surface area contributed by atoms with E-state index >= 15 is 0 Å². The lowest BCUT2D eigenvalue weighted by Crippen LogP contribution is -2.04. The van der Waals surface area contributed by atoms with E-state index in [1.165, 1.54) is 0 Å². The number of ether oxygens (including phenoxy) is 2. The maximum atomic E-state index is 8.31. The van der Waals surface area contributed by atoms with Crippen molar-refractivity contribution < 1.29 is 9.47 Å². The summed E-state index contributed by atoms with van der Waals surface area (Å²) < 4.78 is 9.59. The first-order valence-electron chi connectivity index (χ1n) is 4.11. The normalized spacial score (nSPS) is 8.35. The molecule has 0 radical (unpaired) electrons. The Bertz CT molecular complexity index is 487. The van der Waals surface area contributed by atoms with E-state index in [0.29, 0.717) is 0 Å². The van der Waals surface area contributed by atoms with Crippen LogP contribution in [0.2, 0.25) is 0 Å². The molecule has 0 aliphatic carbocycles. The van der Waals surface area contributed by atoms with Crippen molar-refractivity contribution in [2.24, 2.45) is 5.11 Å². The Morgan fingerprint density at radius 3 is 2.06 bits per heavy atom. The van der Waals surface area contributed by atoms with Gasteiger partial charge in [0, 0.05) is 4.91 Å². The largest absolute Gasteiger partial charge is 0.448 e. The zero-order valence-corrected chi connectivity index (χ0v) is 8.31. The molecule has 1 rings (SSSR count). The van der Waals surface area contributed by atoms with Crippen LogP contribution in [0.15, 0.2) is 5.11 Å². The van der Waals surface area contributed by atoms with Gasteiger partial charge in [0.1, 0.15) is 12.1 Å². The van der Waals surface area contributed by atoms with Crippen LogP contribution >= 0.6 is 0 Å². The van der Waals surface area contributed by atoms with Crippen molar-refractivity contribution in [3.05, 3.63) is 10.4 Å². The molecule has 0 unspecified atom stereocenters. The van der Waals surface area contributed by atoms with Gasteiger partial charge < -0.3 is 9.47 Å². The third-order valence-corrected chi connectivity index (χ3v) is 1.25. The Hall–Kier alpha value is -3.10. The molecule has 0 saturated carbocycles. The van der Waals surface area contributed by atoms with E-state index in [2.05, 4.69) is 25.0 Å². The number of azide groups is 1. The summed E-state index contributed by atoms with van der Waals surface area (Å²) in [6.45, 7) is -0.561. The number of aromatic nitrogens is 3. The third kappa shape index (κ3) is 3.87. The Morgan fingerprint density at radius 2 is 1.65 bits per heavy atom. The molecule has 0 fully saturated rings. The predicted molar refractivity (Wildman–Crippen MR) is 50.8 cm³/mol. The van der Waals surface area contributed by atoms with Gasteiger partial charge in [-0.25, -0.2) is 0 Å². The summed E-state index contributed by atoms with van der Waals surface area (Å²) in [7, 11) is 0. The summed E-state index contributed by atoms with van der Waals surface area (Å²) in [6, 6.07) is 2.97. The van der Waals surface area contributed by atoms with Crippen molar-refractivity contribution in [3.63, 3.8) is 0 Å². The average molecular weight is 232 g/mol. The molecule has 0 amide bonds. The van der Waals surface area contributed by atoms with Gasteiger partial charge in [-0.05, 0) is 10.6 Å². The molecule has 84 valence electrons. The van der Waals surface area contributed by atoms with Crippen LogP contribution in [-0.2, 0) is 0 Å². The maximum absolute atomic E-state index is 8.31. The molecule has 0 N–H and O–H groups in total. The van der Waals surface area contributed by atoms with Crippen molar-refractivity contribution in [2.75, 3.05) is 13.2 Å². The highest BCUT2D eigenvalue weighted by Crippen LogP contribution is 2.14. The van der Waals surface area contributed by atoms with Crippen molar-refractivity contribution >= 4 is 5.95 Å². The first-order chi connectivity index (χ1) is 8.30. The fourth-order valence-corrected chi connectivity index (χ4v) is 0.735. The van der Waals surface area contributed by atoms with Gasteiger partial charge in [0.15, 0.2) is 13.2 Å². The van der Waals surface area contributed by atoms with Crippen LogP contribution in [0.5, 0.6) is 12.0 Å². The van der Waals surface area contributed by atoms with Crippen molar-refractivity contribution in [3.8, 4) is 24.2 Å². The summed E-state index contributed by atoms with van der Waals surface area (Å²) in [6.07, 6.45) is 0. The lowest BCUT2D eigenvalue weighted by atomic mass is 10.8. The van der Waals surface area contributed by atoms with E-state index in [9.17, 15) is 0 Å². The van der Waals surface area contributed by atoms with Gasteiger partial charge in [-0.2, -0.15) is 20.5 Å². The minimum atomic E-state index is -0.280. The molecule has 0 aromatic carbocycles. The summed E-state index contributed by atoms with van der Waals surface area (Å²) >= 11 is 0. The zero-order valence-electron chi connectivity index (χ0n) is 8.31. The Labute approximate surface area is 94.7 Å². The van der Waals surface area contributed by atoms with E-state index in [1.54, 1.807) is 12.1 Å². The topological polar surface area (TPSA) is 153 Å². The van der Waals surface area contributed by atoms with Gasteiger partial charge in [-0.15, -0.1) is 4.98 Å². The molecule has 0 bridgehead atoms. The van der Waals surface area contributed by atoms with E-state index in [1.807, 2.05) is 0 Å². The van der Waals surface area contributed by atoms with E-state index in [-0.39, 0.29) is 31.2 Å². The Balaban J connectivity index is 2.97. The van der Waals surface area contributed by atoms with Crippen LogP contribution < -0.4 is 9.47 Å². The molecule has 10 nitrogen and oxygen atoms in total. The standard InChI is InChI=1S/C7H4N8O2/c8-1-3-16-6-11-5(14-15-10)12-7(13-6)17-4-2-9/h3-4H2. The molecule has 0 aliphatic rings. The van der Waals surface area contributed by atoms with Gasteiger partial charge in [-0.1, -0.05) is 0 Å². The first kappa shape index (κ1) is 12.0. The molecule has 1 aromatic rings. The average Bonchev–Trinajstić information content (AvgIpc) is 2.34. The van der Waals surface area contributed by atoms with Crippen LogP contribution in [0.4, 0.5) is 5.95 Å². The van der Waals surface area contributed by atoms with Gasteiger partial charge in [0.25, 0.3) is 0 Å². The smallest absolute Gasteiger partial charge is 0.324 e. The van der Waals surface area contributed by atoms with E-state index < -0.39 is 0 Å². The molecule has 17 heavy (non-hydrogen) atoms. The summed E-state index contributed by atoms with van der Waals surface area (Å²) in [5, 5.41) is 19.8. The van der Waals surface area contributed by atoms with Crippen molar-refractivity contribution in [1.82, 2.24) is 15.0 Å². The fourth-order valence-electron chi connectivity index (χ4n) is 0.735. The second kappa shape index (κ2) is 6.40. The summed E-state index contributed by atoms with van der Waals surface area (Å²) in [5.41, 5.74) is 8.23. The molecule has 10 heteroatoms. The maximum Gasteiger partial charge on any atom is 0.324 e. The van der Waals surface area contributed by atoms with Crippen molar-refractivity contribution in [1.29, 1.82) is 10.5 Å². The van der Waals surface area contributed by atoms with Gasteiger partial charge in [-0.3, -0.25) is 0 Å². The second-order valence-electron chi connectivity index (χ2n) is 2.28. The lowest BCUT2D eigenvalue weighted by molar-refractivity contribution is 0.302. The molecule has 0 saturated heterocycles. The predicted octanol–water partition coefficient (Wildman–Crippen LogP) is 0.618. The number of rotatable bonds is 5. The van der Waals surface area contributed by atoms with Crippen molar-refractivity contribution in [2.45, 2.75) is 0 Å². The lowest BCUT2D eigenvalue weighted by Gasteiger charge is -2.03. The second-order valence-corrected chi connectivity index (χ2v) is 2.28. The Kier molecular flexibility index (Phi) is 4.50. The molecular weight excluding hydrogens is 228 g/mol. The number of hydrogen-bond donors (Lipinski definition) is 0. The minimum absolute atomic E-state index is 0.225. The monoisotopic (exact) mass is 232 g/mol. The van der Waals surface area contributed by atoms with Crippen LogP contribution in [0.25, 0.3) is 10.4 Å². The highest BCUT2D eigenvalue weighted by Gasteiger charge is 2.07. The van der Waals surface area contributed by atoms with Crippen LogP contribution in [0.1, 0.15) is 0 Å². The van der Waals surface area contributed by atoms with Gasteiger partial charge in [0.05, 0.1) is 0 Å². The highest BCUT2D eigenvalue weighted by molar-refractivity contribution is 5.20. The Morgan fingerprint density at radius 1 is 1.12 bits per heavy atom. The minimum Gasteiger partial charge on any atom is -0.448 e. The van der Waals surface area contributed by atoms with E-state index in [4.69, 9.17) is 25.5 Å².